The number of hydrogen-bond acceptors (Lipinski definition) is 5. The number of nitrogens with zero attached hydrogens (tertiary/aromatic N) is 2. The van der Waals surface area contributed by atoms with Gasteiger partial charge in [0.15, 0.2) is 5.69 Å². The highest BCUT2D eigenvalue weighted by Crippen LogP contribution is 2.17. The van der Waals surface area contributed by atoms with E-state index in [2.05, 4.69) is 34.1 Å². The third kappa shape index (κ3) is 3.91. The first kappa shape index (κ1) is 15.1. The molecule has 22 heavy (non-hydrogen) atoms. The van der Waals surface area contributed by atoms with Crippen LogP contribution in [0.2, 0.25) is 0 Å². The molecule has 0 spiro atoms. The van der Waals surface area contributed by atoms with E-state index in [0.29, 0.717) is 6.42 Å². The molecule has 6 heteroatoms. The first-order valence-electron chi connectivity index (χ1n) is 7.26. The summed E-state index contributed by atoms with van der Waals surface area (Å²) in [5, 5.41) is 11.3. The van der Waals surface area contributed by atoms with Gasteiger partial charge in [0.05, 0.1) is 18.2 Å². The van der Waals surface area contributed by atoms with E-state index in [-0.39, 0.29) is 5.69 Å². The van der Waals surface area contributed by atoms with Gasteiger partial charge in [-0.3, -0.25) is 4.90 Å². The molecule has 2 aromatic rings. The highest BCUT2D eigenvalue weighted by Gasteiger charge is 2.12. The predicted octanol–water partition coefficient (Wildman–Crippen LogP) is 2.26. The number of hydrogen-bond donors (Lipinski definition) is 1. The molecule has 0 atom stereocenters. The minimum atomic E-state index is -0.969. The molecule has 116 valence electrons. The first-order valence-corrected chi connectivity index (χ1v) is 8.14. The van der Waals surface area contributed by atoms with Gasteiger partial charge in [-0.15, -0.1) is 11.3 Å². The second-order valence-electron chi connectivity index (χ2n) is 5.32. The lowest BCUT2D eigenvalue weighted by atomic mass is 10.1. The fourth-order valence-corrected chi connectivity index (χ4v) is 3.32. The summed E-state index contributed by atoms with van der Waals surface area (Å²) in [6, 6.07) is 8.42. The van der Waals surface area contributed by atoms with Crippen molar-refractivity contribution in [2.24, 2.45) is 0 Å². The zero-order chi connectivity index (χ0) is 15.4. The lowest BCUT2D eigenvalue weighted by Gasteiger charge is -2.26. The molecular formula is C16H18N2O3S. The van der Waals surface area contributed by atoms with E-state index >= 15 is 0 Å². The van der Waals surface area contributed by atoms with Gasteiger partial charge in [0.2, 0.25) is 0 Å². The van der Waals surface area contributed by atoms with Crippen LogP contribution in [0, 0.1) is 0 Å². The fourth-order valence-electron chi connectivity index (χ4n) is 2.52. The van der Waals surface area contributed by atoms with Gasteiger partial charge in [0.25, 0.3) is 0 Å². The Hall–Kier alpha value is -1.76. The number of benzene rings is 1. The topological polar surface area (TPSA) is 62.7 Å². The van der Waals surface area contributed by atoms with Crippen LogP contribution in [-0.4, -0.2) is 47.3 Å². The number of ether oxygens (including phenoxy) is 1. The number of thiazole rings is 1. The Morgan fingerprint density at radius 2 is 2.09 bits per heavy atom. The number of morpholine rings is 1. The summed E-state index contributed by atoms with van der Waals surface area (Å²) in [7, 11) is 0. The van der Waals surface area contributed by atoms with E-state index in [0.717, 1.165) is 43.4 Å². The zero-order valence-electron chi connectivity index (χ0n) is 12.2. The Morgan fingerprint density at radius 1 is 1.32 bits per heavy atom. The SMILES string of the molecule is O=C(O)c1csc(Cc2cccc(CN3CCOCC3)c2)n1. The summed E-state index contributed by atoms with van der Waals surface area (Å²) in [6.45, 7) is 4.47. The van der Waals surface area contributed by atoms with Gasteiger partial charge in [0, 0.05) is 31.4 Å². The van der Waals surface area contributed by atoms with Crippen LogP contribution in [0.5, 0.6) is 0 Å². The van der Waals surface area contributed by atoms with Gasteiger partial charge in [-0.2, -0.15) is 0 Å². The van der Waals surface area contributed by atoms with E-state index in [1.807, 2.05) is 0 Å². The second-order valence-corrected chi connectivity index (χ2v) is 6.26. The third-order valence-electron chi connectivity index (χ3n) is 3.63. The maximum Gasteiger partial charge on any atom is 0.355 e. The molecule has 2 heterocycles. The van der Waals surface area contributed by atoms with Gasteiger partial charge in [-0.25, -0.2) is 9.78 Å². The molecule has 1 aromatic heterocycles. The van der Waals surface area contributed by atoms with Crippen LogP contribution in [0.4, 0.5) is 0 Å². The van der Waals surface area contributed by atoms with Crippen molar-refractivity contribution in [1.82, 2.24) is 9.88 Å². The molecule has 1 aliphatic rings. The van der Waals surface area contributed by atoms with Gasteiger partial charge in [-0.1, -0.05) is 24.3 Å². The van der Waals surface area contributed by atoms with Crippen molar-refractivity contribution in [1.29, 1.82) is 0 Å². The minimum Gasteiger partial charge on any atom is -0.476 e. The molecule has 0 bridgehead atoms. The lowest BCUT2D eigenvalue weighted by Crippen LogP contribution is -2.35. The Morgan fingerprint density at radius 3 is 2.82 bits per heavy atom. The summed E-state index contributed by atoms with van der Waals surface area (Å²) in [5.41, 5.74) is 2.57. The molecule has 0 radical (unpaired) electrons. The van der Waals surface area contributed by atoms with Crippen LogP contribution in [-0.2, 0) is 17.7 Å². The average Bonchev–Trinajstić information content (AvgIpc) is 2.97. The van der Waals surface area contributed by atoms with Crippen molar-refractivity contribution in [3.63, 3.8) is 0 Å². The molecule has 0 saturated carbocycles. The number of carbonyl (C=O) groups is 1. The van der Waals surface area contributed by atoms with Crippen molar-refractivity contribution in [3.05, 3.63) is 51.5 Å². The maximum atomic E-state index is 10.9. The molecule has 0 aliphatic carbocycles. The van der Waals surface area contributed by atoms with Crippen molar-refractivity contribution >= 4 is 17.3 Å². The number of aromatic nitrogens is 1. The van der Waals surface area contributed by atoms with Crippen LogP contribution < -0.4 is 0 Å². The molecule has 1 fully saturated rings. The summed E-state index contributed by atoms with van der Waals surface area (Å²) >= 11 is 1.40. The molecule has 0 unspecified atom stereocenters. The van der Waals surface area contributed by atoms with Crippen LogP contribution in [0.25, 0.3) is 0 Å². The minimum absolute atomic E-state index is 0.129. The Labute approximate surface area is 133 Å². The van der Waals surface area contributed by atoms with Crippen LogP contribution in [0.3, 0.4) is 0 Å². The van der Waals surface area contributed by atoms with Crippen molar-refractivity contribution in [2.75, 3.05) is 26.3 Å². The van der Waals surface area contributed by atoms with Crippen molar-refractivity contribution < 1.29 is 14.6 Å². The largest absolute Gasteiger partial charge is 0.476 e. The number of aromatic carboxylic acids is 1. The predicted molar refractivity (Wildman–Crippen MR) is 84.4 cm³/mol. The average molecular weight is 318 g/mol. The summed E-state index contributed by atoms with van der Waals surface area (Å²) in [6.07, 6.45) is 0.675. The maximum absolute atomic E-state index is 10.9. The Kier molecular flexibility index (Phi) is 4.82. The number of carboxylic acid groups (broad SMARTS) is 1. The summed E-state index contributed by atoms with van der Waals surface area (Å²) in [4.78, 5) is 17.4. The van der Waals surface area contributed by atoms with Crippen molar-refractivity contribution in [3.8, 4) is 0 Å². The van der Waals surface area contributed by atoms with E-state index in [1.165, 1.54) is 16.9 Å². The van der Waals surface area contributed by atoms with Gasteiger partial charge >= 0.3 is 5.97 Å². The number of carboxylic acids is 1. The lowest BCUT2D eigenvalue weighted by molar-refractivity contribution is 0.0342. The zero-order valence-corrected chi connectivity index (χ0v) is 13.0. The standard InChI is InChI=1S/C16H18N2O3S/c19-16(20)14-11-22-15(17-14)9-12-2-1-3-13(8-12)10-18-4-6-21-7-5-18/h1-3,8,11H,4-7,9-10H2,(H,19,20). The first-order chi connectivity index (χ1) is 10.7. The third-order valence-corrected chi connectivity index (χ3v) is 4.48. The van der Waals surface area contributed by atoms with E-state index in [9.17, 15) is 4.79 Å². The van der Waals surface area contributed by atoms with Gasteiger partial charge in [-0.05, 0) is 11.1 Å². The van der Waals surface area contributed by atoms with Crippen LogP contribution in [0.15, 0.2) is 29.6 Å². The van der Waals surface area contributed by atoms with E-state index in [4.69, 9.17) is 9.84 Å². The Bertz CT molecular complexity index is 650. The molecule has 0 amide bonds. The van der Waals surface area contributed by atoms with Gasteiger partial charge in [0.1, 0.15) is 0 Å². The smallest absolute Gasteiger partial charge is 0.355 e. The molecule has 1 aromatic carbocycles. The molecule has 1 N–H and O–H groups in total. The summed E-state index contributed by atoms with van der Waals surface area (Å²) < 4.78 is 5.37. The fraction of sp³-hybridized carbons (Fsp3) is 0.375. The molecule has 1 aliphatic heterocycles. The van der Waals surface area contributed by atoms with E-state index in [1.54, 1.807) is 5.38 Å². The van der Waals surface area contributed by atoms with Crippen molar-refractivity contribution in [2.45, 2.75) is 13.0 Å². The molecule has 3 rings (SSSR count). The highest BCUT2D eigenvalue weighted by molar-refractivity contribution is 7.09. The Balaban J connectivity index is 1.66. The second kappa shape index (κ2) is 7.00. The van der Waals surface area contributed by atoms with Gasteiger partial charge < -0.3 is 9.84 Å². The molecule has 5 nitrogen and oxygen atoms in total. The summed E-state index contributed by atoms with van der Waals surface area (Å²) in [5.74, 6) is -0.969. The van der Waals surface area contributed by atoms with Crippen LogP contribution >= 0.6 is 11.3 Å². The molecule has 1 saturated heterocycles. The number of rotatable bonds is 5. The van der Waals surface area contributed by atoms with E-state index < -0.39 is 5.97 Å². The highest BCUT2D eigenvalue weighted by atomic mass is 32.1. The normalized spacial score (nSPS) is 15.8. The van der Waals surface area contributed by atoms with Crippen LogP contribution in [0.1, 0.15) is 26.6 Å². The monoisotopic (exact) mass is 318 g/mol. The molecular weight excluding hydrogens is 300 g/mol. The quantitative estimate of drug-likeness (QED) is 0.916.